The van der Waals surface area contributed by atoms with E-state index in [1.54, 1.807) is 0 Å². The first-order valence-electron chi connectivity index (χ1n) is 7.81. The normalized spacial score (nSPS) is 34.0. The first-order chi connectivity index (χ1) is 10.1. The second-order valence-corrected chi connectivity index (χ2v) is 6.59. The van der Waals surface area contributed by atoms with Crippen LogP contribution >= 0.6 is 0 Å². The van der Waals surface area contributed by atoms with Gasteiger partial charge in [0.05, 0.1) is 5.69 Å². The van der Waals surface area contributed by atoms with Gasteiger partial charge in [0, 0.05) is 29.9 Å². The van der Waals surface area contributed by atoms with Crippen molar-refractivity contribution >= 4 is 10.9 Å². The third-order valence-corrected chi connectivity index (χ3v) is 5.34. The summed E-state index contributed by atoms with van der Waals surface area (Å²) in [5, 5.41) is 12.6. The fraction of sp³-hybridized carbons (Fsp3) is 0.444. The van der Waals surface area contributed by atoms with Gasteiger partial charge in [-0.05, 0) is 38.4 Å². The lowest BCUT2D eigenvalue weighted by molar-refractivity contribution is -0.0203. The lowest BCUT2D eigenvalue weighted by Gasteiger charge is -2.44. The van der Waals surface area contributed by atoms with Crippen LogP contribution in [0.3, 0.4) is 0 Å². The molecule has 3 nitrogen and oxygen atoms in total. The average molecular weight is 282 g/mol. The molecule has 110 valence electrons. The molecular formula is C18H22N2O. The molecule has 0 spiro atoms. The van der Waals surface area contributed by atoms with Crippen molar-refractivity contribution in [1.82, 2.24) is 9.88 Å². The van der Waals surface area contributed by atoms with Crippen molar-refractivity contribution in [3.8, 4) is 0 Å². The molecule has 3 aliphatic rings. The lowest BCUT2D eigenvalue weighted by Crippen LogP contribution is -2.46. The minimum Gasteiger partial charge on any atom is -0.383 e. The van der Waals surface area contributed by atoms with Crippen LogP contribution in [0.1, 0.15) is 31.5 Å². The number of aromatic amines is 1. The SMILES string of the molecule is C/C=C1\CN2CCC1C(C)(O)c1[nH]c3ccccc3c1C2. The monoisotopic (exact) mass is 282 g/mol. The highest BCUT2D eigenvalue weighted by Gasteiger charge is 2.43. The predicted octanol–water partition coefficient (Wildman–Crippen LogP) is 3.16. The Morgan fingerprint density at radius 3 is 2.95 bits per heavy atom. The van der Waals surface area contributed by atoms with Crippen molar-refractivity contribution in [2.45, 2.75) is 32.4 Å². The molecule has 1 fully saturated rings. The smallest absolute Gasteiger partial charge is 0.108 e. The fourth-order valence-corrected chi connectivity index (χ4v) is 4.21. The van der Waals surface area contributed by atoms with Gasteiger partial charge in [-0.15, -0.1) is 0 Å². The van der Waals surface area contributed by atoms with Gasteiger partial charge in [-0.1, -0.05) is 29.8 Å². The van der Waals surface area contributed by atoms with Crippen molar-refractivity contribution in [1.29, 1.82) is 0 Å². The molecule has 4 heterocycles. The number of aromatic nitrogens is 1. The second-order valence-electron chi connectivity index (χ2n) is 6.59. The highest BCUT2D eigenvalue weighted by molar-refractivity contribution is 5.85. The van der Waals surface area contributed by atoms with Crippen LogP contribution in [0, 0.1) is 5.92 Å². The molecule has 0 radical (unpaired) electrons. The van der Waals surface area contributed by atoms with Crippen LogP contribution in [0.25, 0.3) is 10.9 Å². The minimum absolute atomic E-state index is 0.214. The summed E-state index contributed by atoms with van der Waals surface area (Å²) in [7, 11) is 0. The molecule has 0 aliphatic carbocycles. The Morgan fingerprint density at radius 1 is 1.33 bits per heavy atom. The van der Waals surface area contributed by atoms with E-state index in [2.05, 4.69) is 41.1 Å². The summed E-state index contributed by atoms with van der Waals surface area (Å²) in [5.41, 5.74) is 3.97. The molecule has 2 bridgehead atoms. The number of fused-ring (bicyclic) bond motifs is 3. The van der Waals surface area contributed by atoms with Crippen molar-refractivity contribution in [3.05, 3.63) is 47.2 Å². The zero-order chi connectivity index (χ0) is 14.6. The van der Waals surface area contributed by atoms with Crippen molar-refractivity contribution in [2.24, 2.45) is 5.92 Å². The molecule has 1 aromatic heterocycles. The number of piperidine rings is 1. The number of rotatable bonds is 0. The first-order valence-corrected chi connectivity index (χ1v) is 7.81. The van der Waals surface area contributed by atoms with E-state index in [9.17, 15) is 5.11 Å². The van der Waals surface area contributed by atoms with E-state index in [-0.39, 0.29) is 5.92 Å². The predicted molar refractivity (Wildman–Crippen MR) is 85.0 cm³/mol. The minimum atomic E-state index is -0.817. The van der Waals surface area contributed by atoms with Gasteiger partial charge in [0.2, 0.25) is 0 Å². The third kappa shape index (κ3) is 1.81. The van der Waals surface area contributed by atoms with Crippen LogP contribution in [-0.2, 0) is 12.1 Å². The molecule has 3 heteroatoms. The highest BCUT2D eigenvalue weighted by atomic mass is 16.3. The number of nitrogens with zero attached hydrogens (tertiary/aromatic N) is 1. The second kappa shape index (κ2) is 4.46. The fourth-order valence-electron chi connectivity index (χ4n) is 4.21. The number of hydrogen-bond donors (Lipinski definition) is 2. The first kappa shape index (κ1) is 13.1. The maximum Gasteiger partial charge on any atom is 0.108 e. The summed E-state index contributed by atoms with van der Waals surface area (Å²) in [6, 6.07) is 8.39. The van der Waals surface area contributed by atoms with Crippen molar-refractivity contribution < 1.29 is 5.11 Å². The molecular weight excluding hydrogens is 260 g/mol. The molecule has 5 rings (SSSR count). The Morgan fingerprint density at radius 2 is 2.14 bits per heavy atom. The van der Waals surface area contributed by atoms with Gasteiger partial charge in [-0.3, -0.25) is 4.90 Å². The van der Waals surface area contributed by atoms with E-state index in [1.165, 1.54) is 16.5 Å². The summed E-state index contributed by atoms with van der Waals surface area (Å²) in [4.78, 5) is 6.00. The Bertz CT molecular complexity index is 726. The summed E-state index contributed by atoms with van der Waals surface area (Å²) >= 11 is 0. The number of nitrogens with one attached hydrogen (secondary N) is 1. The molecule has 21 heavy (non-hydrogen) atoms. The lowest BCUT2D eigenvalue weighted by atomic mass is 9.74. The largest absolute Gasteiger partial charge is 0.383 e. The van der Waals surface area contributed by atoms with Crippen LogP contribution in [0.4, 0.5) is 0 Å². The number of benzene rings is 1. The van der Waals surface area contributed by atoms with Crippen LogP contribution < -0.4 is 0 Å². The van der Waals surface area contributed by atoms with Crippen LogP contribution in [0.5, 0.6) is 0 Å². The quantitative estimate of drug-likeness (QED) is 0.729. The Balaban J connectivity index is 1.99. The molecule has 0 saturated carbocycles. The maximum atomic E-state index is 11.3. The molecule has 3 atom stereocenters. The van der Waals surface area contributed by atoms with Crippen LogP contribution in [-0.4, -0.2) is 28.1 Å². The van der Waals surface area contributed by atoms with Gasteiger partial charge < -0.3 is 10.1 Å². The van der Waals surface area contributed by atoms with Gasteiger partial charge in [-0.25, -0.2) is 0 Å². The van der Waals surface area contributed by atoms with E-state index in [1.807, 2.05) is 13.0 Å². The van der Waals surface area contributed by atoms with Gasteiger partial charge in [-0.2, -0.15) is 0 Å². The average Bonchev–Trinajstić information content (AvgIpc) is 2.85. The zero-order valence-corrected chi connectivity index (χ0v) is 12.7. The van der Waals surface area contributed by atoms with E-state index in [4.69, 9.17) is 0 Å². The van der Waals surface area contributed by atoms with Gasteiger partial charge in [0.15, 0.2) is 0 Å². The summed E-state index contributed by atoms with van der Waals surface area (Å²) in [6.45, 7) is 7.04. The van der Waals surface area contributed by atoms with E-state index in [0.717, 1.165) is 37.3 Å². The molecule has 1 saturated heterocycles. The third-order valence-electron chi connectivity index (χ3n) is 5.34. The molecule has 0 amide bonds. The van der Waals surface area contributed by atoms with Gasteiger partial charge in [0.25, 0.3) is 0 Å². The summed E-state index contributed by atoms with van der Waals surface area (Å²) < 4.78 is 0. The van der Waals surface area contributed by atoms with Crippen LogP contribution in [0.15, 0.2) is 35.9 Å². The molecule has 1 aromatic carbocycles. The number of H-pyrrole nitrogens is 1. The topological polar surface area (TPSA) is 39.3 Å². The molecule has 3 unspecified atom stereocenters. The maximum absolute atomic E-state index is 11.3. The number of hydrogen-bond acceptors (Lipinski definition) is 2. The summed E-state index contributed by atoms with van der Waals surface area (Å²) in [5.74, 6) is 0.214. The molecule has 3 aliphatic heterocycles. The summed E-state index contributed by atoms with van der Waals surface area (Å²) in [6.07, 6.45) is 3.22. The van der Waals surface area contributed by atoms with E-state index in [0.29, 0.717) is 0 Å². The Hall–Kier alpha value is -1.58. The highest BCUT2D eigenvalue weighted by Crippen LogP contribution is 2.44. The molecule has 2 aromatic rings. The zero-order valence-electron chi connectivity index (χ0n) is 12.7. The number of para-hydroxylation sites is 1. The van der Waals surface area contributed by atoms with Crippen LogP contribution in [0.2, 0.25) is 0 Å². The number of aliphatic hydroxyl groups is 1. The van der Waals surface area contributed by atoms with Crippen molar-refractivity contribution in [3.63, 3.8) is 0 Å². The molecule has 2 N–H and O–H groups in total. The number of allylic oxidation sites excluding steroid dienone is 1. The van der Waals surface area contributed by atoms with Gasteiger partial charge in [0.1, 0.15) is 5.60 Å². The Labute approximate surface area is 125 Å². The van der Waals surface area contributed by atoms with E-state index < -0.39 is 5.60 Å². The van der Waals surface area contributed by atoms with E-state index >= 15 is 0 Å². The van der Waals surface area contributed by atoms with Crippen molar-refractivity contribution in [2.75, 3.05) is 13.1 Å². The Kier molecular flexibility index (Phi) is 2.78. The van der Waals surface area contributed by atoms with Gasteiger partial charge >= 0.3 is 0 Å². The standard InChI is InChI=1S/C18H22N2O/c1-3-12-10-20-9-8-15(12)18(2,21)17-14(11-20)13-6-4-5-7-16(13)19-17/h3-7,15,19,21H,8-11H2,1-2H3/b12-3+.